The molecule has 0 spiro atoms. The molecule has 0 bridgehead atoms. The highest BCUT2D eigenvalue weighted by molar-refractivity contribution is 5.69. The monoisotopic (exact) mass is 529 g/mol. The highest BCUT2D eigenvalue weighted by Crippen LogP contribution is 2.41. The van der Waals surface area contributed by atoms with Crippen LogP contribution >= 0.6 is 0 Å². The molecule has 3 rings (SSSR count). The van der Waals surface area contributed by atoms with Crippen molar-refractivity contribution in [3.8, 4) is 6.07 Å². The van der Waals surface area contributed by atoms with Crippen LogP contribution in [-0.2, 0) is 19.9 Å². The fraction of sp³-hybridized carbons (Fsp3) is 0.714. The number of fused-ring (bicyclic) bond motifs is 1. The van der Waals surface area contributed by atoms with Gasteiger partial charge in [-0.05, 0) is 25.0 Å². The van der Waals surface area contributed by atoms with Crippen molar-refractivity contribution in [2.45, 2.75) is 120 Å². The number of methoxy groups -OCH3 is 1. The van der Waals surface area contributed by atoms with E-state index in [2.05, 4.69) is 20.9 Å². The Hall–Kier alpha value is -2.74. The van der Waals surface area contributed by atoms with Crippen LogP contribution in [0.25, 0.3) is 5.52 Å². The Morgan fingerprint density at radius 2 is 1.63 bits per heavy atom. The molecule has 2 aromatic rings. The quantitative estimate of drug-likeness (QED) is 0.202. The van der Waals surface area contributed by atoms with Gasteiger partial charge in [0.2, 0.25) is 5.60 Å². The van der Waals surface area contributed by atoms with E-state index in [1.807, 2.05) is 0 Å². The number of esters is 1. The Morgan fingerprint density at radius 3 is 2.21 bits per heavy atom. The van der Waals surface area contributed by atoms with Gasteiger partial charge in [-0.15, -0.1) is 0 Å². The van der Waals surface area contributed by atoms with E-state index in [-0.39, 0.29) is 11.8 Å². The van der Waals surface area contributed by atoms with Gasteiger partial charge in [-0.1, -0.05) is 77.0 Å². The van der Waals surface area contributed by atoms with Gasteiger partial charge in [0.15, 0.2) is 5.82 Å². The Balaban J connectivity index is 1.28. The third kappa shape index (κ3) is 7.43. The minimum absolute atomic E-state index is 0.113. The lowest BCUT2D eigenvalue weighted by molar-refractivity contribution is -0.140. The standard InChI is InChI=1S/C28H43N5O5/c1-37-24(34)16-14-12-10-8-6-4-2-3-5-7-9-11-13-15-22-25(35)26(36)28(19-29,38-22)23-18-17-21-27(30)31-20-32-33(21)23/h17-18,20,22,25-26,35-36H,2-16H2,1H3,(H2,30,31,32)/t22-,25-,26-,28+/m1/s1. The summed E-state index contributed by atoms with van der Waals surface area (Å²) in [6.07, 6.45) is 14.1. The number of carbonyl (C=O) groups is 1. The third-order valence-electron chi connectivity index (χ3n) is 7.58. The summed E-state index contributed by atoms with van der Waals surface area (Å²) < 4.78 is 12.1. The largest absolute Gasteiger partial charge is 0.469 e. The molecule has 38 heavy (non-hydrogen) atoms. The molecule has 2 aromatic heterocycles. The fourth-order valence-corrected chi connectivity index (χ4v) is 5.31. The number of ether oxygens (including phenoxy) is 2. The molecule has 210 valence electrons. The van der Waals surface area contributed by atoms with Crippen molar-refractivity contribution in [3.63, 3.8) is 0 Å². The number of anilines is 1. The van der Waals surface area contributed by atoms with Crippen LogP contribution in [0.15, 0.2) is 18.5 Å². The van der Waals surface area contributed by atoms with E-state index in [1.54, 1.807) is 12.1 Å². The molecule has 0 saturated carbocycles. The molecule has 3 heterocycles. The van der Waals surface area contributed by atoms with E-state index in [1.165, 1.54) is 69.3 Å². The molecule has 0 unspecified atom stereocenters. The van der Waals surface area contributed by atoms with Gasteiger partial charge in [-0.3, -0.25) is 4.79 Å². The van der Waals surface area contributed by atoms with E-state index < -0.39 is 23.9 Å². The second-order valence-corrected chi connectivity index (χ2v) is 10.3. The molecule has 0 amide bonds. The van der Waals surface area contributed by atoms with Crippen molar-refractivity contribution < 1.29 is 24.5 Å². The van der Waals surface area contributed by atoms with Gasteiger partial charge in [0.1, 0.15) is 30.1 Å². The zero-order valence-electron chi connectivity index (χ0n) is 22.6. The molecule has 1 saturated heterocycles. The van der Waals surface area contributed by atoms with Crippen LogP contribution in [-0.4, -0.2) is 56.2 Å². The van der Waals surface area contributed by atoms with Gasteiger partial charge in [0.05, 0.1) is 18.9 Å². The van der Waals surface area contributed by atoms with Crippen molar-refractivity contribution >= 4 is 17.3 Å². The molecule has 1 aliphatic rings. The first-order valence-electron chi connectivity index (χ1n) is 14.1. The molecular formula is C28H43N5O5. The van der Waals surface area contributed by atoms with Crippen LogP contribution in [0.5, 0.6) is 0 Å². The summed E-state index contributed by atoms with van der Waals surface area (Å²) in [6.45, 7) is 0. The van der Waals surface area contributed by atoms with E-state index >= 15 is 0 Å². The number of nitrogen functional groups attached to an aromatic ring is 1. The summed E-state index contributed by atoms with van der Waals surface area (Å²) in [6, 6.07) is 5.40. The summed E-state index contributed by atoms with van der Waals surface area (Å²) in [5.74, 6) is 0.145. The number of unbranched alkanes of at least 4 members (excludes halogenated alkanes) is 12. The minimum atomic E-state index is -1.72. The van der Waals surface area contributed by atoms with Crippen LogP contribution in [0.3, 0.4) is 0 Å². The number of aromatic nitrogens is 3. The first-order valence-corrected chi connectivity index (χ1v) is 14.1. The van der Waals surface area contributed by atoms with Crippen molar-refractivity contribution in [1.29, 1.82) is 5.26 Å². The molecule has 0 aliphatic carbocycles. The number of rotatable bonds is 17. The van der Waals surface area contributed by atoms with Crippen molar-refractivity contribution in [1.82, 2.24) is 14.6 Å². The molecule has 0 radical (unpaired) electrons. The van der Waals surface area contributed by atoms with Crippen LogP contribution in [0.1, 0.15) is 102 Å². The maximum Gasteiger partial charge on any atom is 0.305 e. The van der Waals surface area contributed by atoms with E-state index in [9.17, 15) is 20.3 Å². The average molecular weight is 530 g/mol. The summed E-state index contributed by atoms with van der Waals surface area (Å²) in [5, 5.41) is 35.7. The van der Waals surface area contributed by atoms with Crippen LogP contribution in [0.2, 0.25) is 0 Å². The SMILES string of the molecule is COC(=O)CCCCCCCCCCCCCCC[C@H]1O[C@@](C#N)(c2ccc3c(N)ncnn23)[C@H](O)[C@@H]1O. The maximum atomic E-state index is 11.1. The zero-order valence-corrected chi connectivity index (χ0v) is 22.6. The zero-order chi connectivity index (χ0) is 27.4. The van der Waals surface area contributed by atoms with E-state index in [0.717, 1.165) is 32.1 Å². The predicted molar refractivity (Wildman–Crippen MR) is 143 cm³/mol. The topological polar surface area (TPSA) is 156 Å². The molecule has 4 N–H and O–H groups in total. The molecule has 0 aromatic carbocycles. The third-order valence-corrected chi connectivity index (χ3v) is 7.58. The molecule has 1 aliphatic heterocycles. The van der Waals surface area contributed by atoms with Gasteiger partial charge in [0, 0.05) is 6.42 Å². The van der Waals surface area contributed by atoms with Crippen LogP contribution < -0.4 is 5.73 Å². The maximum absolute atomic E-state index is 11.1. The molecule has 10 heteroatoms. The number of aliphatic hydroxyl groups excluding tert-OH is 2. The van der Waals surface area contributed by atoms with Gasteiger partial charge in [-0.25, -0.2) is 9.50 Å². The lowest BCUT2D eigenvalue weighted by atomic mass is 9.92. The highest BCUT2D eigenvalue weighted by atomic mass is 16.6. The van der Waals surface area contributed by atoms with Crippen molar-refractivity contribution in [2.75, 3.05) is 12.8 Å². The van der Waals surface area contributed by atoms with Crippen LogP contribution in [0.4, 0.5) is 5.82 Å². The Kier molecular flexibility index (Phi) is 11.8. The summed E-state index contributed by atoms with van der Waals surface area (Å²) in [4.78, 5) is 15.0. The second-order valence-electron chi connectivity index (χ2n) is 10.3. The molecule has 4 atom stereocenters. The van der Waals surface area contributed by atoms with Gasteiger partial charge in [-0.2, -0.15) is 10.4 Å². The number of nitrogens with zero attached hydrogens (tertiary/aromatic N) is 4. The number of aliphatic hydroxyl groups is 2. The normalized spacial score (nSPS) is 23.1. The summed E-state index contributed by atoms with van der Waals surface area (Å²) in [7, 11) is 1.44. The smallest absolute Gasteiger partial charge is 0.305 e. The van der Waals surface area contributed by atoms with E-state index in [4.69, 9.17) is 10.5 Å². The Labute approximate surface area is 225 Å². The Morgan fingerprint density at radius 1 is 1.05 bits per heavy atom. The summed E-state index contributed by atoms with van der Waals surface area (Å²) in [5.41, 5.74) is 5.02. The lowest BCUT2D eigenvalue weighted by Gasteiger charge is -2.24. The van der Waals surface area contributed by atoms with E-state index in [0.29, 0.717) is 24.1 Å². The highest BCUT2D eigenvalue weighted by Gasteiger charge is 2.57. The number of nitrogens with two attached hydrogens (primary N) is 1. The number of carbonyl (C=O) groups excluding carboxylic acids is 1. The van der Waals surface area contributed by atoms with Crippen molar-refractivity contribution in [3.05, 3.63) is 24.2 Å². The van der Waals surface area contributed by atoms with Crippen molar-refractivity contribution in [2.24, 2.45) is 0 Å². The number of nitriles is 1. The average Bonchev–Trinajstić information content (AvgIpc) is 3.47. The van der Waals surface area contributed by atoms with Gasteiger partial charge in [0.25, 0.3) is 0 Å². The fourth-order valence-electron chi connectivity index (χ4n) is 5.31. The van der Waals surface area contributed by atoms with Gasteiger partial charge < -0.3 is 25.4 Å². The minimum Gasteiger partial charge on any atom is -0.469 e. The molecule has 1 fully saturated rings. The Bertz CT molecular complexity index is 1050. The first-order chi connectivity index (χ1) is 18.4. The van der Waals surface area contributed by atoms with Crippen LogP contribution in [0, 0.1) is 11.3 Å². The number of hydrogen-bond donors (Lipinski definition) is 3. The molecular weight excluding hydrogens is 486 g/mol. The molecule has 10 nitrogen and oxygen atoms in total. The second kappa shape index (κ2) is 15.0. The summed E-state index contributed by atoms with van der Waals surface area (Å²) >= 11 is 0. The predicted octanol–water partition coefficient (Wildman–Crippen LogP) is 4.18. The first kappa shape index (κ1) is 29.8. The lowest BCUT2D eigenvalue weighted by Crippen LogP contribution is -2.40. The number of hydrogen-bond acceptors (Lipinski definition) is 9. The van der Waals surface area contributed by atoms with Gasteiger partial charge >= 0.3 is 5.97 Å².